The summed E-state index contributed by atoms with van der Waals surface area (Å²) >= 11 is 2.84. The Hall–Kier alpha value is -2.44. The van der Waals surface area contributed by atoms with Gasteiger partial charge in [0.2, 0.25) is 0 Å². The van der Waals surface area contributed by atoms with Crippen LogP contribution >= 0.6 is 23.1 Å². The van der Waals surface area contributed by atoms with Crippen LogP contribution in [0.3, 0.4) is 0 Å². The smallest absolute Gasteiger partial charge is 0.260 e. The van der Waals surface area contributed by atoms with Crippen LogP contribution < -0.4 is 5.56 Å². The number of nitrogens with zero attached hydrogens (tertiary/aromatic N) is 1. The summed E-state index contributed by atoms with van der Waals surface area (Å²) in [6, 6.07) is 16.5. The van der Waals surface area contributed by atoms with E-state index in [0.717, 1.165) is 16.0 Å². The van der Waals surface area contributed by atoms with Crippen LogP contribution in [0, 0.1) is 12.7 Å². The van der Waals surface area contributed by atoms with E-state index in [1.54, 1.807) is 18.2 Å². The topological polar surface area (TPSA) is 45.8 Å². The standard InChI is InChI=1S/C20H15FN2OS2/c1-12-16(13-7-3-2-4-8-13)17-18(24)22-20(23-19(17)26-12)25-11-14-9-5-6-10-15(14)21/h2-10H,11H2,1H3,(H,22,23,24). The molecule has 4 aromatic rings. The number of thiophene rings is 1. The van der Waals surface area contributed by atoms with Crippen molar-refractivity contribution in [2.45, 2.75) is 17.8 Å². The normalized spacial score (nSPS) is 11.2. The molecule has 130 valence electrons. The van der Waals surface area contributed by atoms with Gasteiger partial charge in [0.1, 0.15) is 10.6 Å². The summed E-state index contributed by atoms with van der Waals surface area (Å²) in [4.78, 5) is 21.9. The molecule has 0 unspecified atom stereocenters. The molecule has 0 saturated heterocycles. The second-order valence-electron chi connectivity index (χ2n) is 5.83. The first kappa shape index (κ1) is 17.0. The minimum absolute atomic E-state index is 0.158. The van der Waals surface area contributed by atoms with Crippen molar-refractivity contribution in [3.05, 3.63) is 81.2 Å². The fourth-order valence-corrected chi connectivity index (χ4v) is 4.83. The van der Waals surface area contributed by atoms with Gasteiger partial charge in [0.05, 0.1) is 5.39 Å². The quantitative estimate of drug-likeness (QED) is 0.380. The maximum atomic E-state index is 13.8. The number of aromatic nitrogens is 2. The fourth-order valence-electron chi connectivity index (χ4n) is 2.88. The Bertz CT molecular complexity index is 1140. The Morgan fingerprint density at radius 2 is 1.85 bits per heavy atom. The van der Waals surface area contributed by atoms with Crippen LogP contribution in [0.5, 0.6) is 0 Å². The molecule has 0 spiro atoms. The van der Waals surface area contributed by atoms with Gasteiger partial charge in [-0.15, -0.1) is 11.3 Å². The number of nitrogens with one attached hydrogen (secondary N) is 1. The van der Waals surface area contributed by atoms with E-state index in [1.165, 1.54) is 29.2 Å². The number of benzene rings is 2. The van der Waals surface area contributed by atoms with Crippen LogP contribution in [0.25, 0.3) is 21.3 Å². The van der Waals surface area contributed by atoms with Gasteiger partial charge in [-0.3, -0.25) is 4.79 Å². The van der Waals surface area contributed by atoms with Crippen molar-refractivity contribution in [2.24, 2.45) is 0 Å². The third-order valence-corrected chi connectivity index (χ3v) is 6.02. The predicted octanol–water partition coefficient (Wildman–Crippen LogP) is 5.39. The SMILES string of the molecule is Cc1sc2nc(SCc3ccccc3F)[nH]c(=O)c2c1-c1ccccc1. The lowest BCUT2D eigenvalue weighted by atomic mass is 10.0. The molecule has 4 rings (SSSR count). The number of aryl methyl sites for hydroxylation is 1. The summed E-state index contributed by atoms with van der Waals surface area (Å²) in [5, 5.41) is 1.13. The average molecular weight is 382 g/mol. The zero-order valence-electron chi connectivity index (χ0n) is 14.0. The molecule has 0 aliphatic rings. The summed E-state index contributed by atoms with van der Waals surface area (Å²) in [6.07, 6.45) is 0. The van der Waals surface area contributed by atoms with E-state index >= 15 is 0 Å². The highest BCUT2D eigenvalue weighted by Crippen LogP contribution is 2.36. The van der Waals surface area contributed by atoms with Crippen molar-refractivity contribution >= 4 is 33.3 Å². The van der Waals surface area contributed by atoms with E-state index in [9.17, 15) is 9.18 Å². The number of hydrogen-bond acceptors (Lipinski definition) is 4. The zero-order chi connectivity index (χ0) is 18.1. The molecule has 0 aliphatic heterocycles. The molecule has 6 heteroatoms. The van der Waals surface area contributed by atoms with Gasteiger partial charge in [0.25, 0.3) is 5.56 Å². The van der Waals surface area contributed by atoms with Gasteiger partial charge in [0.15, 0.2) is 5.16 Å². The first-order valence-electron chi connectivity index (χ1n) is 8.08. The molecule has 0 fully saturated rings. The van der Waals surface area contributed by atoms with E-state index in [1.807, 2.05) is 37.3 Å². The Morgan fingerprint density at radius 1 is 1.12 bits per heavy atom. The van der Waals surface area contributed by atoms with Crippen molar-refractivity contribution in [1.29, 1.82) is 0 Å². The molecule has 0 bridgehead atoms. The first-order valence-corrected chi connectivity index (χ1v) is 9.89. The van der Waals surface area contributed by atoms with Crippen molar-refractivity contribution in [1.82, 2.24) is 9.97 Å². The minimum atomic E-state index is -0.248. The minimum Gasteiger partial charge on any atom is -0.301 e. The first-order chi connectivity index (χ1) is 12.6. The summed E-state index contributed by atoms with van der Waals surface area (Å²) in [5.74, 6) is 0.165. The second-order valence-corrected chi connectivity index (χ2v) is 8.00. The van der Waals surface area contributed by atoms with Gasteiger partial charge in [-0.1, -0.05) is 60.3 Å². The van der Waals surface area contributed by atoms with Crippen molar-refractivity contribution in [3.8, 4) is 11.1 Å². The molecule has 0 radical (unpaired) electrons. The number of halogens is 1. The maximum absolute atomic E-state index is 13.8. The van der Waals surface area contributed by atoms with E-state index in [2.05, 4.69) is 9.97 Å². The lowest BCUT2D eigenvalue weighted by Crippen LogP contribution is -2.08. The number of H-pyrrole nitrogens is 1. The Balaban J connectivity index is 1.72. The van der Waals surface area contributed by atoms with Gasteiger partial charge < -0.3 is 4.98 Å². The molecule has 0 aliphatic carbocycles. The highest BCUT2D eigenvalue weighted by Gasteiger charge is 2.16. The number of fused-ring (bicyclic) bond motifs is 1. The van der Waals surface area contributed by atoms with Crippen LogP contribution in [0.2, 0.25) is 0 Å². The monoisotopic (exact) mass is 382 g/mol. The Morgan fingerprint density at radius 3 is 2.62 bits per heavy atom. The number of hydrogen-bond donors (Lipinski definition) is 1. The number of aromatic amines is 1. The lowest BCUT2D eigenvalue weighted by molar-refractivity contribution is 0.617. The molecule has 0 amide bonds. The number of rotatable bonds is 4. The van der Waals surface area contributed by atoms with E-state index in [0.29, 0.717) is 26.7 Å². The highest BCUT2D eigenvalue weighted by atomic mass is 32.2. The third-order valence-electron chi connectivity index (χ3n) is 4.10. The van der Waals surface area contributed by atoms with Crippen LogP contribution in [-0.4, -0.2) is 9.97 Å². The Kier molecular flexibility index (Phi) is 4.61. The van der Waals surface area contributed by atoms with Crippen LogP contribution in [0.15, 0.2) is 64.5 Å². The molecule has 2 heterocycles. The molecule has 2 aromatic carbocycles. The highest BCUT2D eigenvalue weighted by molar-refractivity contribution is 7.98. The lowest BCUT2D eigenvalue weighted by Gasteiger charge is -2.04. The van der Waals surface area contributed by atoms with Crippen molar-refractivity contribution < 1.29 is 4.39 Å². The number of thioether (sulfide) groups is 1. The molecule has 3 nitrogen and oxygen atoms in total. The zero-order valence-corrected chi connectivity index (χ0v) is 15.6. The van der Waals surface area contributed by atoms with Gasteiger partial charge in [0, 0.05) is 16.2 Å². The van der Waals surface area contributed by atoms with Gasteiger partial charge in [-0.2, -0.15) is 0 Å². The van der Waals surface area contributed by atoms with E-state index < -0.39 is 0 Å². The average Bonchev–Trinajstić information content (AvgIpc) is 2.98. The molecule has 2 aromatic heterocycles. The maximum Gasteiger partial charge on any atom is 0.260 e. The molecular weight excluding hydrogens is 367 g/mol. The summed E-state index contributed by atoms with van der Waals surface area (Å²) in [6.45, 7) is 2.00. The molecule has 0 saturated carbocycles. The van der Waals surface area contributed by atoms with E-state index in [4.69, 9.17) is 0 Å². The van der Waals surface area contributed by atoms with Gasteiger partial charge in [-0.25, -0.2) is 9.37 Å². The van der Waals surface area contributed by atoms with Crippen molar-refractivity contribution in [2.75, 3.05) is 0 Å². The molecule has 1 N–H and O–H groups in total. The van der Waals surface area contributed by atoms with E-state index in [-0.39, 0.29) is 11.4 Å². The molecular formula is C20H15FN2OS2. The van der Waals surface area contributed by atoms with Crippen LogP contribution in [0.1, 0.15) is 10.4 Å². The molecule has 26 heavy (non-hydrogen) atoms. The van der Waals surface area contributed by atoms with Crippen LogP contribution in [-0.2, 0) is 5.75 Å². The summed E-state index contributed by atoms with van der Waals surface area (Å²) in [7, 11) is 0. The van der Waals surface area contributed by atoms with Crippen LogP contribution in [0.4, 0.5) is 4.39 Å². The van der Waals surface area contributed by atoms with Gasteiger partial charge in [-0.05, 0) is 24.1 Å². The molecule has 0 atom stereocenters. The van der Waals surface area contributed by atoms with Gasteiger partial charge >= 0.3 is 0 Å². The second kappa shape index (κ2) is 7.05. The largest absolute Gasteiger partial charge is 0.301 e. The summed E-state index contributed by atoms with van der Waals surface area (Å²) < 4.78 is 13.8. The summed E-state index contributed by atoms with van der Waals surface area (Å²) in [5.41, 5.74) is 2.38. The Labute approximate surface area is 157 Å². The fraction of sp³-hybridized carbons (Fsp3) is 0.100. The third kappa shape index (κ3) is 3.18. The predicted molar refractivity (Wildman–Crippen MR) is 106 cm³/mol. The van der Waals surface area contributed by atoms with Crippen molar-refractivity contribution in [3.63, 3.8) is 0 Å².